The molecule has 0 atom stereocenters. The van der Waals surface area contributed by atoms with Gasteiger partial charge in [-0.3, -0.25) is 9.59 Å². The molecule has 0 saturated heterocycles. The Hall–Kier alpha value is -2.09. The molecule has 0 saturated carbocycles. The highest BCUT2D eigenvalue weighted by atomic mass is 79.9. The topological polar surface area (TPSA) is 74.8 Å². The second-order valence-electron chi connectivity index (χ2n) is 3.50. The van der Waals surface area contributed by atoms with Crippen LogP contribution < -0.4 is 10.9 Å². The van der Waals surface area contributed by atoms with Gasteiger partial charge in [0.25, 0.3) is 11.5 Å². The van der Waals surface area contributed by atoms with Crippen molar-refractivity contribution in [2.24, 2.45) is 0 Å². The third-order valence-electron chi connectivity index (χ3n) is 2.15. The van der Waals surface area contributed by atoms with Crippen molar-refractivity contribution >= 4 is 27.7 Å². The molecular formula is C11H6BrF2N3O2. The van der Waals surface area contributed by atoms with Gasteiger partial charge >= 0.3 is 0 Å². The Labute approximate surface area is 113 Å². The van der Waals surface area contributed by atoms with Crippen LogP contribution in [0.4, 0.5) is 14.6 Å². The number of anilines is 1. The lowest BCUT2D eigenvalue weighted by Crippen LogP contribution is -2.18. The molecule has 98 valence electrons. The lowest BCUT2D eigenvalue weighted by Gasteiger charge is -2.06. The number of nitrogens with one attached hydrogen (secondary N) is 2. The maximum absolute atomic E-state index is 13.5. The van der Waals surface area contributed by atoms with Crippen LogP contribution in [-0.2, 0) is 0 Å². The number of H-pyrrole nitrogens is 1. The molecule has 2 aromatic rings. The van der Waals surface area contributed by atoms with E-state index in [9.17, 15) is 18.4 Å². The van der Waals surface area contributed by atoms with Crippen LogP contribution in [0.15, 0.2) is 33.5 Å². The number of amides is 1. The van der Waals surface area contributed by atoms with Gasteiger partial charge in [-0.05, 0) is 18.2 Å². The first kappa shape index (κ1) is 13.3. The lowest BCUT2D eigenvalue weighted by molar-refractivity contribution is 0.101. The van der Waals surface area contributed by atoms with Crippen molar-refractivity contribution in [2.45, 2.75) is 0 Å². The summed E-state index contributed by atoms with van der Waals surface area (Å²) in [5, 5.41) is 7.75. The molecule has 0 aliphatic rings. The van der Waals surface area contributed by atoms with Gasteiger partial charge in [0.05, 0.1) is 0 Å². The average molecular weight is 330 g/mol. The van der Waals surface area contributed by atoms with E-state index < -0.39 is 28.7 Å². The minimum atomic E-state index is -1.01. The largest absolute Gasteiger partial charge is 0.305 e. The Morgan fingerprint density at radius 1 is 1.26 bits per heavy atom. The van der Waals surface area contributed by atoms with E-state index in [-0.39, 0.29) is 10.3 Å². The van der Waals surface area contributed by atoms with Gasteiger partial charge < -0.3 is 5.32 Å². The summed E-state index contributed by atoms with van der Waals surface area (Å²) in [5.41, 5.74) is -1.18. The van der Waals surface area contributed by atoms with Crippen LogP contribution in [0.25, 0.3) is 0 Å². The van der Waals surface area contributed by atoms with Crippen molar-refractivity contribution in [3.8, 4) is 0 Å². The van der Waals surface area contributed by atoms with Crippen LogP contribution in [0, 0.1) is 11.6 Å². The number of aromatic nitrogens is 2. The summed E-state index contributed by atoms with van der Waals surface area (Å²) in [4.78, 5) is 22.5. The minimum absolute atomic E-state index is 0.0219. The summed E-state index contributed by atoms with van der Waals surface area (Å²) in [7, 11) is 0. The van der Waals surface area contributed by atoms with E-state index in [1.807, 2.05) is 0 Å². The molecule has 0 bridgehead atoms. The highest BCUT2D eigenvalue weighted by Gasteiger charge is 2.18. The molecule has 0 spiro atoms. The van der Waals surface area contributed by atoms with E-state index in [1.165, 1.54) is 6.07 Å². The van der Waals surface area contributed by atoms with Crippen LogP contribution in [-0.4, -0.2) is 16.1 Å². The third-order valence-corrected chi connectivity index (χ3v) is 2.61. The Morgan fingerprint density at radius 2 is 1.89 bits per heavy atom. The smallest absolute Gasteiger partial charge is 0.264 e. The number of carbonyl (C=O) groups excluding carboxylic acids is 1. The number of rotatable bonds is 2. The molecule has 0 radical (unpaired) electrons. The highest BCUT2D eigenvalue weighted by Crippen LogP contribution is 2.20. The summed E-state index contributed by atoms with van der Waals surface area (Å²) < 4.78 is 27.2. The monoisotopic (exact) mass is 329 g/mol. The fourth-order valence-corrected chi connectivity index (χ4v) is 1.75. The van der Waals surface area contributed by atoms with Crippen LogP contribution in [0.2, 0.25) is 0 Å². The summed E-state index contributed by atoms with van der Waals surface area (Å²) >= 11 is 2.91. The van der Waals surface area contributed by atoms with Crippen molar-refractivity contribution in [3.05, 3.63) is 56.3 Å². The summed E-state index contributed by atoms with van der Waals surface area (Å²) in [6.07, 6.45) is 0. The molecule has 5 nitrogen and oxygen atoms in total. The Bertz CT molecular complexity index is 659. The molecule has 0 unspecified atom stereocenters. The number of hydrogen-bond acceptors (Lipinski definition) is 3. The average Bonchev–Trinajstić information content (AvgIpc) is 2.30. The number of halogens is 3. The number of aromatic amines is 1. The molecule has 0 aliphatic heterocycles. The second kappa shape index (κ2) is 5.27. The van der Waals surface area contributed by atoms with Crippen LogP contribution >= 0.6 is 15.9 Å². The zero-order chi connectivity index (χ0) is 14.0. The predicted molar refractivity (Wildman–Crippen MR) is 66.9 cm³/mol. The van der Waals surface area contributed by atoms with Gasteiger partial charge in [0.15, 0.2) is 5.82 Å². The van der Waals surface area contributed by atoms with Crippen LogP contribution in [0.1, 0.15) is 10.4 Å². The van der Waals surface area contributed by atoms with Crippen molar-refractivity contribution in [1.29, 1.82) is 0 Å². The van der Waals surface area contributed by atoms with Gasteiger partial charge in [0.1, 0.15) is 17.2 Å². The fourth-order valence-electron chi connectivity index (χ4n) is 1.35. The maximum Gasteiger partial charge on any atom is 0.264 e. The van der Waals surface area contributed by atoms with E-state index in [0.717, 1.165) is 18.2 Å². The molecule has 1 aromatic heterocycles. The molecular weight excluding hydrogens is 324 g/mol. The predicted octanol–water partition coefficient (Wildman–Crippen LogP) is 2.06. The van der Waals surface area contributed by atoms with E-state index in [1.54, 1.807) is 0 Å². The molecule has 2 N–H and O–H groups in total. The maximum atomic E-state index is 13.5. The van der Waals surface area contributed by atoms with Gasteiger partial charge in [-0.25, -0.2) is 13.9 Å². The summed E-state index contributed by atoms with van der Waals surface area (Å²) in [6.45, 7) is 0. The number of benzene rings is 1. The zero-order valence-electron chi connectivity index (χ0n) is 9.21. The van der Waals surface area contributed by atoms with Gasteiger partial charge in [0.2, 0.25) is 0 Å². The van der Waals surface area contributed by atoms with Crippen LogP contribution in [0.3, 0.4) is 0 Å². The quantitative estimate of drug-likeness (QED) is 0.885. The van der Waals surface area contributed by atoms with Crippen molar-refractivity contribution in [2.75, 3.05) is 5.32 Å². The molecule has 1 amide bonds. The molecule has 2 rings (SSSR count). The fraction of sp³-hybridized carbons (Fsp3) is 0. The summed E-state index contributed by atoms with van der Waals surface area (Å²) in [5.74, 6) is -3.03. The lowest BCUT2D eigenvalue weighted by atomic mass is 10.2. The Balaban J connectivity index is 2.30. The van der Waals surface area contributed by atoms with Gasteiger partial charge in [-0.2, -0.15) is 5.10 Å². The standard InChI is InChI=1S/C11H6BrF2N3O2/c12-5-3-6(13)10(7(14)4-5)11(19)15-8-1-2-9(18)17-16-8/h1-4H,(H,17,18)(H,15,16,19). The van der Waals surface area contributed by atoms with E-state index in [2.05, 4.69) is 31.4 Å². The van der Waals surface area contributed by atoms with Crippen LogP contribution in [0.5, 0.6) is 0 Å². The first-order chi connectivity index (χ1) is 8.97. The van der Waals surface area contributed by atoms with Crippen molar-refractivity contribution in [3.63, 3.8) is 0 Å². The van der Waals surface area contributed by atoms with E-state index >= 15 is 0 Å². The SMILES string of the molecule is O=C(Nc1ccc(=O)[nH]n1)c1c(F)cc(Br)cc1F. The van der Waals surface area contributed by atoms with Crippen molar-refractivity contribution in [1.82, 2.24) is 10.2 Å². The number of hydrogen-bond donors (Lipinski definition) is 2. The number of carbonyl (C=O) groups is 1. The minimum Gasteiger partial charge on any atom is -0.305 e. The van der Waals surface area contributed by atoms with Crippen molar-refractivity contribution < 1.29 is 13.6 Å². The van der Waals surface area contributed by atoms with Gasteiger partial charge in [-0.15, -0.1) is 0 Å². The first-order valence-electron chi connectivity index (χ1n) is 4.99. The normalized spacial score (nSPS) is 10.3. The molecule has 0 fully saturated rings. The summed E-state index contributed by atoms with van der Waals surface area (Å²) in [6, 6.07) is 4.28. The first-order valence-corrected chi connectivity index (χ1v) is 5.78. The molecule has 19 heavy (non-hydrogen) atoms. The van der Waals surface area contributed by atoms with Gasteiger partial charge in [0, 0.05) is 10.5 Å². The highest BCUT2D eigenvalue weighted by molar-refractivity contribution is 9.10. The third kappa shape index (κ3) is 3.02. The zero-order valence-corrected chi connectivity index (χ0v) is 10.8. The van der Waals surface area contributed by atoms with E-state index in [0.29, 0.717) is 0 Å². The van der Waals surface area contributed by atoms with Gasteiger partial charge in [-0.1, -0.05) is 15.9 Å². The molecule has 1 aromatic carbocycles. The second-order valence-corrected chi connectivity index (χ2v) is 4.42. The molecule has 0 aliphatic carbocycles. The Kier molecular flexibility index (Phi) is 3.70. The Morgan fingerprint density at radius 3 is 2.42 bits per heavy atom. The molecule has 1 heterocycles. The molecule has 8 heteroatoms. The van der Waals surface area contributed by atoms with E-state index in [4.69, 9.17) is 0 Å². The number of nitrogens with zero attached hydrogens (tertiary/aromatic N) is 1.